The molecule has 0 unspecified atom stereocenters. The lowest BCUT2D eigenvalue weighted by atomic mass is 10.1. The fraction of sp³-hybridized carbons (Fsp3) is 0.118. The Hall–Kier alpha value is -1.97. The van der Waals surface area contributed by atoms with E-state index in [1.54, 1.807) is 11.3 Å². The molecule has 0 atom stereocenters. The van der Waals surface area contributed by atoms with Crippen LogP contribution in [0.1, 0.15) is 11.1 Å². The number of hydrogen-bond acceptors (Lipinski definition) is 3. The molecule has 1 heterocycles. The normalized spacial score (nSPS) is 10.7. The zero-order chi connectivity index (χ0) is 13.9. The van der Waals surface area contributed by atoms with E-state index in [0.717, 1.165) is 21.8 Å². The van der Waals surface area contributed by atoms with Gasteiger partial charge in [-0.05, 0) is 18.1 Å². The predicted octanol–water partition coefficient (Wildman–Crippen LogP) is 4.24. The van der Waals surface area contributed by atoms with Gasteiger partial charge < -0.3 is 5.73 Å². The maximum absolute atomic E-state index is 5.62. The fourth-order valence-electron chi connectivity index (χ4n) is 2.17. The van der Waals surface area contributed by atoms with Crippen molar-refractivity contribution in [3.63, 3.8) is 0 Å². The Morgan fingerprint density at radius 3 is 2.50 bits per heavy atom. The van der Waals surface area contributed by atoms with Crippen LogP contribution < -0.4 is 5.73 Å². The summed E-state index contributed by atoms with van der Waals surface area (Å²) >= 11 is 1.68. The number of nitrogens with zero attached hydrogens (tertiary/aromatic N) is 1. The molecular weight excluding hydrogens is 264 g/mol. The third kappa shape index (κ3) is 2.50. The zero-order valence-corrected chi connectivity index (χ0v) is 12.2. The van der Waals surface area contributed by atoms with Crippen LogP contribution in [0.25, 0.3) is 21.8 Å². The maximum Gasteiger partial charge on any atom is 0.124 e. The maximum atomic E-state index is 5.62. The number of hydrogen-bond donors (Lipinski definition) is 1. The molecule has 0 radical (unpaired) electrons. The Morgan fingerprint density at radius 2 is 1.80 bits per heavy atom. The van der Waals surface area contributed by atoms with Crippen molar-refractivity contribution < 1.29 is 0 Å². The second kappa shape index (κ2) is 5.57. The molecule has 1 aromatic heterocycles. The predicted molar refractivity (Wildman–Crippen MR) is 85.6 cm³/mol. The highest BCUT2D eigenvalue weighted by Gasteiger charge is 2.08. The number of aromatic nitrogens is 1. The average molecular weight is 280 g/mol. The second-order valence-corrected chi connectivity index (χ2v) is 5.61. The third-order valence-corrected chi connectivity index (χ3v) is 4.25. The minimum absolute atomic E-state index is 0.576. The first kappa shape index (κ1) is 13.0. The Bertz CT molecular complexity index is 714. The van der Waals surface area contributed by atoms with Gasteiger partial charge in [0.2, 0.25) is 0 Å². The number of aryl methyl sites for hydroxylation is 1. The summed E-state index contributed by atoms with van der Waals surface area (Å²) in [6.45, 7) is 2.69. The number of thiazole rings is 1. The van der Waals surface area contributed by atoms with Gasteiger partial charge in [-0.1, -0.05) is 48.5 Å². The second-order valence-electron chi connectivity index (χ2n) is 4.75. The summed E-state index contributed by atoms with van der Waals surface area (Å²) in [5, 5.41) is 3.17. The van der Waals surface area contributed by atoms with Gasteiger partial charge in [0.05, 0.1) is 5.69 Å². The SMILES string of the molecule is Cc1ccccc1-c1csc(-c2ccc(CN)cc2)n1. The number of nitrogens with two attached hydrogens (primary N) is 1. The van der Waals surface area contributed by atoms with Gasteiger partial charge in [-0.3, -0.25) is 0 Å². The number of benzene rings is 2. The van der Waals surface area contributed by atoms with Gasteiger partial charge in [-0.15, -0.1) is 11.3 Å². The van der Waals surface area contributed by atoms with Gasteiger partial charge in [0.1, 0.15) is 5.01 Å². The van der Waals surface area contributed by atoms with Crippen molar-refractivity contribution >= 4 is 11.3 Å². The fourth-order valence-corrected chi connectivity index (χ4v) is 3.00. The molecule has 0 aliphatic carbocycles. The van der Waals surface area contributed by atoms with E-state index < -0.39 is 0 Å². The lowest BCUT2D eigenvalue weighted by molar-refractivity contribution is 1.07. The topological polar surface area (TPSA) is 38.9 Å². The standard InChI is InChI=1S/C17H16N2S/c1-12-4-2-3-5-15(12)16-11-20-17(19-16)14-8-6-13(10-18)7-9-14/h2-9,11H,10,18H2,1H3. The summed E-state index contributed by atoms with van der Waals surface area (Å²) < 4.78 is 0. The molecule has 100 valence electrons. The molecule has 0 bridgehead atoms. The summed E-state index contributed by atoms with van der Waals surface area (Å²) in [4.78, 5) is 4.75. The van der Waals surface area contributed by atoms with E-state index in [1.165, 1.54) is 11.1 Å². The summed E-state index contributed by atoms with van der Waals surface area (Å²) in [5.74, 6) is 0. The van der Waals surface area contributed by atoms with Crippen LogP contribution in [-0.2, 0) is 6.54 Å². The third-order valence-electron chi connectivity index (χ3n) is 3.36. The molecule has 20 heavy (non-hydrogen) atoms. The number of rotatable bonds is 3. The van der Waals surface area contributed by atoms with Crippen molar-refractivity contribution in [2.75, 3.05) is 0 Å². The van der Waals surface area contributed by atoms with E-state index in [2.05, 4.69) is 60.8 Å². The van der Waals surface area contributed by atoms with Crippen molar-refractivity contribution in [2.24, 2.45) is 5.73 Å². The molecule has 2 N–H and O–H groups in total. The Labute approximate surface area is 122 Å². The van der Waals surface area contributed by atoms with Crippen molar-refractivity contribution in [3.05, 3.63) is 65.0 Å². The van der Waals surface area contributed by atoms with E-state index in [1.807, 2.05) is 0 Å². The van der Waals surface area contributed by atoms with Crippen LogP contribution >= 0.6 is 11.3 Å². The highest BCUT2D eigenvalue weighted by atomic mass is 32.1. The van der Waals surface area contributed by atoms with E-state index in [0.29, 0.717) is 6.54 Å². The van der Waals surface area contributed by atoms with Crippen LogP contribution in [0.5, 0.6) is 0 Å². The van der Waals surface area contributed by atoms with Gasteiger partial charge >= 0.3 is 0 Å². The van der Waals surface area contributed by atoms with E-state index >= 15 is 0 Å². The van der Waals surface area contributed by atoms with Crippen LogP contribution in [0.15, 0.2) is 53.9 Å². The lowest BCUT2D eigenvalue weighted by Gasteiger charge is -2.01. The lowest BCUT2D eigenvalue weighted by Crippen LogP contribution is -1.95. The van der Waals surface area contributed by atoms with Gasteiger partial charge in [0, 0.05) is 23.1 Å². The molecule has 0 saturated carbocycles. The van der Waals surface area contributed by atoms with E-state index in [-0.39, 0.29) is 0 Å². The van der Waals surface area contributed by atoms with Gasteiger partial charge in [0.15, 0.2) is 0 Å². The summed E-state index contributed by atoms with van der Waals surface area (Å²) in [5.41, 5.74) is 11.4. The first-order valence-electron chi connectivity index (χ1n) is 6.59. The van der Waals surface area contributed by atoms with Crippen molar-refractivity contribution in [1.82, 2.24) is 4.98 Å². The average Bonchev–Trinajstić information content (AvgIpc) is 2.97. The van der Waals surface area contributed by atoms with Crippen LogP contribution in [0.4, 0.5) is 0 Å². The van der Waals surface area contributed by atoms with Gasteiger partial charge in [0.25, 0.3) is 0 Å². The minimum Gasteiger partial charge on any atom is -0.326 e. The molecule has 3 rings (SSSR count). The van der Waals surface area contributed by atoms with E-state index in [9.17, 15) is 0 Å². The Balaban J connectivity index is 1.95. The van der Waals surface area contributed by atoms with E-state index in [4.69, 9.17) is 10.7 Å². The summed E-state index contributed by atoms with van der Waals surface area (Å²) in [7, 11) is 0. The van der Waals surface area contributed by atoms with Crippen molar-refractivity contribution in [1.29, 1.82) is 0 Å². The molecule has 0 saturated heterocycles. The summed E-state index contributed by atoms with van der Waals surface area (Å²) in [6.07, 6.45) is 0. The highest BCUT2D eigenvalue weighted by molar-refractivity contribution is 7.13. The molecule has 3 aromatic rings. The Kier molecular flexibility index (Phi) is 3.63. The largest absolute Gasteiger partial charge is 0.326 e. The molecule has 0 aliphatic heterocycles. The molecule has 0 spiro atoms. The van der Waals surface area contributed by atoms with Crippen LogP contribution in [-0.4, -0.2) is 4.98 Å². The van der Waals surface area contributed by atoms with Crippen LogP contribution in [0, 0.1) is 6.92 Å². The minimum atomic E-state index is 0.576. The smallest absolute Gasteiger partial charge is 0.124 e. The molecular formula is C17H16N2S. The van der Waals surface area contributed by atoms with Gasteiger partial charge in [-0.2, -0.15) is 0 Å². The highest BCUT2D eigenvalue weighted by Crippen LogP contribution is 2.30. The zero-order valence-electron chi connectivity index (χ0n) is 11.3. The molecule has 3 heteroatoms. The van der Waals surface area contributed by atoms with Crippen LogP contribution in [0.3, 0.4) is 0 Å². The summed E-state index contributed by atoms with van der Waals surface area (Å²) in [6, 6.07) is 16.6. The van der Waals surface area contributed by atoms with Crippen molar-refractivity contribution in [3.8, 4) is 21.8 Å². The molecule has 2 nitrogen and oxygen atoms in total. The molecule has 0 fully saturated rings. The monoisotopic (exact) mass is 280 g/mol. The van der Waals surface area contributed by atoms with Gasteiger partial charge in [-0.25, -0.2) is 4.98 Å². The molecule has 2 aromatic carbocycles. The van der Waals surface area contributed by atoms with Crippen molar-refractivity contribution in [2.45, 2.75) is 13.5 Å². The Morgan fingerprint density at radius 1 is 1.05 bits per heavy atom. The van der Waals surface area contributed by atoms with Crippen LogP contribution in [0.2, 0.25) is 0 Å². The quantitative estimate of drug-likeness (QED) is 0.779. The molecule has 0 aliphatic rings. The molecule has 0 amide bonds. The first-order chi connectivity index (χ1) is 9.78. The first-order valence-corrected chi connectivity index (χ1v) is 7.47.